The second kappa shape index (κ2) is 6.97. The van der Waals surface area contributed by atoms with E-state index in [1.54, 1.807) is 0 Å². The minimum Gasteiger partial charge on any atom is -0.0683 e. The van der Waals surface area contributed by atoms with Crippen LogP contribution >= 0.6 is 0 Å². The van der Waals surface area contributed by atoms with Crippen LogP contribution in [0, 0.1) is 11.3 Å². The zero-order chi connectivity index (χ0) is 14.4. The molecule has 1 rings (SSSR count). The van der Waals surface area contributed by atoms with Crippen LogP contribution < -0.4 is 0 Å². The third-order valence-electron chi connectivity index (χ3n) is 3.61. The van der Waals surface area contributed by atoms with E-state index in [1.165, 1.54) is 12.0 Å². The van der Waals surface area contributed by atoms with Gasteiger partial charge in [-0.2, -0.15) is 0 Å². The van der Waals surface area contributed by atoms with E-state index in [4.69, 9.17) is 0 Å². The first-order valence-corrected chi connectivity index (χ1v) is 7.31. The van der Waals surface area contributed by atoms with Crippen LogP contribution in [0.4, 0.5) is 0 Å². The van der Waals surface area contributed by atoms with Gasteiger partial charge in [0.05, 0.1) is 0 Å². The Labute approximate surface area is 115 Å². The molecule has 0 bridgehead atoms. The van der Waals surface area contributed by atoms with E-state index in [0.29, 0.717) is 11.3 Å². The zero-order valence-corrected chi connectivity index (χ0v) is 13.7. The Balaban J connectivity index is 0.00000137. The van der Waals surface area contributed by atoms with E-state index in [-0.39, 0.29) is 5.41 Å². The van der Waals surface area contributed by atoms with Gasteiger partial charge in [-0.05, 0) is 28.7 Å². The first kappa shape index (κ1) is 17.2. The summed E-state index contributed by atoms with van der Waals surface area (Å²) in [6.45, 7) is 18.1. The van der Waals surface area contributed by atoms with Crippen LogP contribution in [0.5, 0.6) is 0 Å². The largest absolute Gasteiger partial charge is 0.0683 e. The molecule has 0 radical (unpaired) electrons. The molecule has 0 nitrogen and oxygen atoms in total. The van der Waals surface area contributed by atoms with Crippen LogP contribution in [0.2, 0.25) is 0 Å². The van der Waals surface area contributed by atoms with E-state index in [2.05, 4.69) is 71.9 Å². The smallest absolute Gasteiger partial charge is 0.00473 e. The Morgan fingerprint density at radius 1 is 0.889 bits per heavy atom. The van der Waals surface area contributed by atoms with Crippen molar-refractivity contribution >= 4 is 0 Å². The summed E-state index contributed by atoms with van der Waals surface area (Å²) >= 11 is 0. The quantitative estimate of drug-likeness (QED) is 0.609. The minimum atomic E-state index is 0.277. The van der Waals surface area contributed by atoms with E-state index in [0.717, 1.165) is 0 Å². The average molecular weight is 248 g/mol. The molecule has 0 aliphatic carbocycles. The fourth-order valence-corrected chi connectivity index (χ4v) is 2.56. The fourth-order valence-electron chi connectivity index (χ4n) is 2.56. The molecule has 1 unspecified atom stereocenters. The van der Waals surface area contributed by atoms with E-state index >= 15 is 0 Å². The van der Waals surface area contributed by atoms with Crippen molar-refractivity contribution in [2.45, 2.75) is 67.2 Å². The molecule has 0 N–H and O–H groups in total. The normalized spacial score (nSPS) is 14.7. The highest BCUT2D eigenvalue weighted by atomic mass is 14.4. The molecule has 0 saturated heterocycles. The van der Waals surface area contributed by atoms with Crippen LogP contribution in [0.3, 0.4) is 0 Å². The lowest BCUT2D eigenvalue weighted by Gasteiger charge is -2.39. The molecule has 0 amide bonds. The van der Waals surface area contributed by atoms with Gasteiger partial charge in [-0.15, -0.1) is 0 Å². The Kier molecular flexibility index (Phi) is 6.67. The summed E-state index contributed by atoms with van der Waals surface area (Å²) in [7, 11) is 0. The minimum absolute atomic E-state index is 0.277. The van der Waals surface area contributed by atoms with Gasteiger partial charge < -0.3 is 0 Å². The molecular formula is C18H32. The second-order valence-corrected chi connectivity index (χ2v) is 6.68. The summed E-state index contributed by atoms with van der Waals surface area (Å²) < 4.78 is 0. The molecule has 0 aliphatic heterocycles. The first-order chi connectivity index (χ1) is 8.26. The molecular weight excluding hydrogens is 216 g/mol. The van der Waals surface area contributed by atoms with Gasteiger partial charge in [-0.1, -0.05) is 85.7 Å². The van der Waals surface area contributed by atoms with Crippen molar-refractivity contribution in [2.75, 3.05) is 0 Å². The van der Waals surface area contributed by atoms with Crippen molar-refractivity contribution in [1.82, 2.24) is 0 Å². The third-order valence-corrected chi connectivity index (χ3v) is 3.61. The van der Waals surface area contributed by atoms with Crippen LogP contribution in [0.15, 0.2) is 30.3 Å². The molecule has 0 heterocycles. The van der Waals surface area contributed by atoms with Crippen molar-refractivity contribution < 1.29 is 0 Å². The van der Waals surface area contributed by atoms with Crippen molar-refractivity contribution in [3.05, 3.63) is 35.9 Å². The summed E-state index contributed by atoms with van der Waals surface area (Å²) in [5.74, 6) is 0.661. The molecule has 1 aromatic carbocycles. The molecule has 0 heteroatoms. The maximum absolute atomic E-state index is 2.40. The highest BCUT2D eigenvalue weighted by Gasteiger charge is 2.34. The third kappa shape index (κ3) is 4.84. The summed E-state index contributed by atoms with van der Waals surface area (Å²) in [5.41, 5.74) is 2.12. The molecule has 0 aliphatic rings. The maximum atomic E-state index is 2.40. The van der Waals surface area contributed by atoms with Crippen LogP contribution in [-0.2, 0) is 5.41 Å². The van der Waals surface area contributed by atoms with Crippen LogP contribution in [-0.4, -0.2) is 0 Å². The van der Waals surface area contributed by atoms with Gasteiger partial charge in [-0.25, -0.2) is 0 Å². The molecule has 0 aromatic heterocycles. The standard InChI is InChI=1S/C16H26.C2H6/c1-13(2)16(6,12-15(3,4)5)14-10-8-7-9-11-14;1-2/h7-11,13H,12H2,1-6H3;1-2H3. The van der Waals surface area contributed by atoms with Gasteiger partial charge in [0.25, 0.3) is 0 Å². The summed E-state index contributed by atoms with van der Waals surface area (Å²) in [5, 5.41) is 0. The molecule has 18 heavy (non-hydrogen) atoms. The van der Waals surface area contributed by atoms with Gasteiger partial charge in [0.1, 0.15) is 0 Å². The number of benzene rings is 1. The maximum Gasteiger partial charge on any atom is -0.00473 e. The number of rotatable bonds is 3. The lowest BCUT2D eigenvalue weighted by Crippen LogP contribution is -2.33. The van der Waals surface area contributed by atoms with Gasteiger partial charge >= 0.3 is 0 Å². The molecule has 0 spiro atoms. The van der Waals surface area contributed by atoms with E-state index < -0.39 is 0 Å². The SMILES string of the molecule is CC.CC(C)C(C)(CC(C)(C)C)c1ccccc1. The summed E-state index contributed by atoms with van der Waals surface area (Å²) in [6.07, 6.45) is 1.22. The lowest BCUT2D eigenvalue weighted by molar-refractivity contribution is 0.212. The topological polar surface area (TPSA) is 0 Å². The molecule has 0 saturated carbocycles. The average Bonchev–Trinajstić information content (AvgIpc) is 2.30. The molecule has 104 valence electrons. The highest BCUT2D eigenvalue weighted by Crippen LogP contribution is 2.41. The van der Waals surface area contributed by atoms with Gasteiger partial charge in [-0.3, -0.25) is 0 Å². The summed E-state index contributed by atoms with van der Waals surface area (Å²) in [6, 6.07) is 10.9. The van der Waals surface area contributed by atoms with Crippen LogP contribution in [0.1, 0.15) is 67.4 Å². The highest BCUT2D eigenvalue weighted by molar-refractivity contribution is 5.25. The van der Waals surface area contributed by atoms with E-state index in [1.807, 2.05) is 13.8 Å². The predicted octanol–water partition coefficient (Wildman–Crippen LogP) is 6.06. The van der Waals surface area contributed by atoms with Crippen molar-refractivity contribution in [3.8, 4) is 0 Å². The Hall–Kier alpha value is -0.780. The van der Waals surface area contributed by atoms with Gasteiger partial charge in [0.2, 0.25) is 0 Å². The lowest BCUT2D eigenvalue weighted by atomic mass is 9.65. The van der Waals surface area contributed by atoms with Gasteiger partial charge in [0, 0.05) is 0 Å². The Morgan fingerprint density at radius 3 is 1.67 bits per heavy atom. The predicted molar refractivity (Wildman–Crippen MR) is 84.1 cm³/mol. The van der Waals surface area contributed by atoms with Crippen molar-refractivity contribution in [1.29, 1.82) is 0 Å². The first-order valence-electron chi connectivity index (χ1n) is 7.31. The molecule has 1 atom stereocenters. The Bertz CT molecular complexity index is 316. The van der Waals surface area contributed by atoms with Gasteiger partial charge in [0.15, 0.2) is 0 Å². The van der Waals surface area contributed by atoms with Crippen molar-refractivity contribution in [3.63, 3.8) is 0 Å². The van der Waals surface area contributed by atoms with Crippen LogP contribution in [0.25, 0.3) is 0 Å². The van der Waals surface area contributed by atoms with Crippen molar-refractivity contribution in [2.24, 2.45) is 11.3 Å². The Morgan fingerprint density at radius 2 is 1.33 bits per heavy atom. The second-order valence-electron chi connectivity index (χ2n) is 6.68. The fraction of sp³-hybridized carbons (Fsp3) is 0.667. The number of hydrogen-bond donors (Lipinski definition) is 0. The molecule has 0 fully saturated rings. The monoisotopic (exact) mass is 248 g/mol. The number of hydrogen-bond acceptors (Lipinski definition) is 0. The summed E-state index contributed by atoms with van der Waals surface area (Å²) in [4.78, 5) is 0. The van der Waals surface area contributed by atoms with E-state index in [9.17, 15) is 0 Å². The molecule has 1 aromatic rings. The zero-order valence-electron chi connectivity index (χ0n) is 13.7.